The van der Waals surface area contributed by atoms with Crippen LogP contribution < -0.4 is 5.32 Å². The normalized spacial score (nSPS) is 19.3. The molecule has 0 saturated carbocycles. The maximum absolute atomic E-state index is 12.1. The Labute approximate surface area is 135 Å². The third-order valence-electron chi connectivity index (χ3n) is 4.07. The van der Waals surface area contributed by atoms with Gasteiger partial charge >= 0.3 is 0 Å². The summed E-state index contributed by atoms with van der Waals surface area (Å²) in [6.07, 6.45) is 0. The van der Waals surface area contributed by atoms with E-state index in [0.717, 1.165) is 5.69 Å². The number of fused-ring (bicyclic) bond motifs is 2. The second-order valence-electron chi connectivity index (χ2n) is 5.32. The van der Waals surface area contributed by atoms with Gasteiger partial charge in [-0.2, -0.15) is 0 Å². The summed E-state index contributed by atoms with van der Waals surface area (Å²) in [7, 11) is 0. The predicted molar refractivity (Wildman–Crippen MR) is 89.6 cm³/mol. The summed E-state index contributed by atoms with van der Waals surface area (Å²) >= 11 is 0. The van der Waals surface area contributed by atoms with Gasteiger partial charge in [-0.05, 0) is 17.2 Å². The fraction of sp³-hybridized carbons (Fsp3) is 0.176. The number of nitrogens with zero attached hydrogens (tertiary/aromatic N) is 2. The Bertz CT molecular complexity index is 730. The first-order chi connectivity index (χ1) is 10.3. The summed E-state index contributed by atoms with van der Waals surface area (Å²) in [5, 5.41) is 3.31. The molecule has 0 bridgehead atoms. The molecular formula is C17H16ClN3O. The van der Waals surface area contributed by atoms with Gasteiger partial charge in [0.2, 0.25) is 5.96 Å². The molecule has 2 aromatic rings. The van der Waals surface area contributed by atoms with Crippen LogP contribution in [0.3, 0.4) is 0 Å². The quantitative estimate of drug-likeness (QED) is 0.880. The number of carbonyl (C=O) groups is 1. The minimum absolute atomic E-state index is 0. The zero-order valence-corrected chi connectivity index (χ0v) is 12.7. The summed E-state index contributed by atoms with van der Waals surface area (Å²) in [4.78, 5) is 18.1. The van der Waals surface area contributed by atoms with E-state index < -0.39 is 0 Å². The van der Waals surface area contributed by atoms with Crippen molar-refractivity contribution in [3.05, 3.63) is 65.7 Å². The Morgan fingerprint density at radius 2 is 1.77 bits per heavy atom. The number of para-hydroxylation sites is 1. The summed E-state index contributed by atoms with van der Waals surface area (Å²) in [6, 6.07) is 18.5. The molecular weight excluding hydrogens is 298 g/mol. The number of hydrogen-bond acceptors (Lipinski definition) is 3. The van der Waals surface area contributed by atoms with Crippen LogP contribution in [0.15, 0.2) is 59.6 Å². The van der Waals surface area contributed by atoms with Crippen LogP contribution >= 0.6 is 12.4 Å². The second-order valence-corrected chi connectivity index (χ2v) is 5.32. The third kappa shape index (κ3) is 2.35. The van der Waals surface area contributed by atoms with Crippen LogP contribution in [-0.4, -0.2) is 29.9 Å². The predicted octanol–water partition coefficient (Wildman–Crippen LogP) is 2.86. The molecule has 0 saturated heterocycles. The average Bonchev–Trinajstić information content (AvgIpc) is 2.78. The molecule has 0 spiro atoms. The molecule has 4 rings (SSSR count). The fourth-order valence-electron chi connectivity index (χ4n) is 3.01. The molecule has 2 heterocycles. The number of guanidine groups is 1. The fourth-order valence-corrected chi connectivity index (χ4v) is 3.01. The SMILES string of the molecule is Cl.O=C1CN=C2Nc3ccccc3C(c3ccccc3)CN12. The van der Waals surface area contributed by atoms with Crippen molar-refractivity contribution < 1.29 is 4.79 Å². The molecule has 1 N–H and O–H groups in total. The zero-order chi connectivity index (χ0) is 14.2. The van der Waals surface area contributed by atoms with Gasteiger partial charge in [0.05, 0.1) is 0 Å². The van der Waals surface area contributed by atoms with E-state index in [4.69, 9.17) is 0 Å². The number of benzene rings is 2. The minimum atomic E-state index is 0. The van der Waals surface area contributed by atoms with Crippen LogP contribution in [0.25, 0.3) is 0 Å². The molecule has 0 fully saturated rings. The van der Waals surface area contributed by atoms with Crippen molar-refractivity contribution >= 4 is 30.0 Å². The van der Waals surface area contributed by atoms with Crippen LogP contribution in [0.2, 0.25) is 0 Å². The lowest BCUT2D eigenvalue weighted by Gasteiger charge is -2.21. The van der Waals surface area contributed by atoms with Crippen molar-refractivity contribution in [2.75, 3.05) is 18.4 Å². The molecule has 5 heteroatoms. The Balaban J connectivity index is 0.00000144. The molecule has 1 unspecified atom stereocenters. The van der Waals surface area contributed by atoms with Gasteiger partial charge in [-0.3, -0.25) is 9.69 Å². The number of halogens is 1. The molecule has 112 valence electrons. The number of carbonyl (C=O) groups excluding carboxylic acids is 1. The van der Waals surface area contributed by atoms with Crippen LogP contribution in [0.4, 0.5) is 5.69 Å². The minimum Gasteiger partial charge on any atom is -0.326 e. The van der Waals surface area contributed by atoms with E-state index in [2.05, 4.69) is 28.5 Å². The molecule has 2 aliphatic heterocycles. The largest absolute Gasteiger partial charge is 0.326 e. The Morgan fingerprint density at radius 3 is 2.59 bits per heavy atom. The van der Waals surface area contributed by atoms with Gasteiger partial charge in [-0.1, -0.05) is 48.5 Å². The monoisotopic (exact) mass is 313 g/mol. The van der Waals surface area contributed by atoms with E-state index in [1.54, 1.807) is 4.90 Å². The summed E-state index contributed by atoms with van der Waals surface area (Å²) in [5.41, 5.74) is 3.45. The lowest BCUT2D eigenvalue weighted by Crippen LogP contribution is -2.37. The Kier molecular flexibility index (Phi) is 3.86. The number of nitrogens with one attached hydrogen (secondary N) is 1. The van der Waals surface area contributed by atoms with Gasteiger partial charge in [0.25, 0.3) is 5.91 Å². The van der Waals surface area contributed by atoms with Crippen molar-refractivity contribution in [1.29, 1.82) is 0 Å². The number of anilines is 1. The smallest absolute Gasteiger partial charge is 0.251 e. The molecule has 2 aliphatic rings. The second kappa shape index (κ2) is 5.81. The standard InChI is InChI=1S/C17H15N3O.ClH/c21-16-10-18-17-19-15-9-5-4-8-13(15)14(11-20(16)17)12-6-2-1-3-7-12;/h1-9,14H,10-11H2,(H,18,19);1H. The zero-order valence-electron chi connectivity index (χ0n) is 11.9. The topological polar surface area (TPSA) is 44.7 Å². The van der Waals surface area contributed by atoms with Gasteiger partial charge in [-0.15, -0.1) is 12.4 Å². The Morgan fingerprint density at radius 1 is 1.05 bits per heavy atom. The van der Waals surface area contributed by atoms with Crippen LogP contribution in [0.1, 0.15) is 17.0 Å². The molecule has 0 radical (unpaired) electrons. The van der Waals surface area contributed by atoms with Crippen molar-refractivity contribution in [2.24, 2.45) is 4.99 Å². The van der Waals surface area contributed by atoms with E-state index in [9.17, 15) is 4.79 Å². The Hall–Kier alpha value is -2.33. The van der Waals surface area contributed by atoms with Gasteiger partial charge < -0.3 is 5.32 Å². The average molecular weight is 314 g/mol. The van der Waals surface area contributed by atoms with Gasteiger partial charge in [-0.25, -0.2) is 4.99 Å². The molecule has 1 atom stereocenters. The highest BCUT2D eigenvalue weighted by Gasteiger charge is 2.33. The van der Waals surface area contributed by atoms with Crippen LogP contribution in [0.5, 0.6) is 0 Å². The molecule has 1 amide bonds. The molecule has 0 aromatic heterocycles. The van der Waals surface area contributed by atoms with Crippen molar-refractivity contribution in [3.63, 3.8) is 0 Å². The van der Waals surface area contributed by atoms with E-state index in [1.165, 1.54) is 11.1 Å². The third-order valence-corrected chi connectivity index (χ3v) is 4.07. The molecule has 2 aromatic carbocycles. The van der Waals surface area contributed by atoms with Gasteiger partial charge in [0.1, 0.15) is 6.54 Å². The first-order valence-electron chi connectivity index (χ1n) is 7.08. The number of amides is 1. The first kappa shape index (κ1) is 14.6. The lowest BCUT2D eigenvalue weighted by molar-refractivity contribution is -0.124. The van der Waals surface area contributed by atoms with E-state index >= 15 is 0 Å². The van der Waals surface area contributed by atoms with E-state index in [0.29, 0.717) is 12.5 Å². The van der Waals surface area contributed by atoms with Crippen molar-refractivity contribution in [1.82, 2.24) is 4.90 Å². The summed E-state index contributed by atoms with van der Waals surface area (Å²) in [5.74, 6) is 0.891. The maximum Gasteiger partial charge on any atom is 0.251 e. The number of rotatable bonds is 1. The molecule has 0 aliphatic carbocycles. The molecule has 22 heavy (non-hydrogen) atoms. The lowest BCUT2D eigenvalue weighted by atomic mass is 9.90. The highest BCUT2D eigenvalue weighted by atomic mass is 35.5. The molecule has 4 nitrogen and oxygen atoms in total. The first-order valence-corrected chi connectivity index (χ1v) is 7.08. The van der Waals surface area contributed by atoms with Gasteiger partial charge in [0, 0.05) is 18.2 Å². The van der Waals surface area contributed by atoms with Crippen LogP contribution in [0, 0.1) is 0 Å². The van der Waals surface area contributed by atoms with E-state index in [1.807, 2.05) is 36.4 Å². The number of aliphatic imine (C=N–C) groups is 1. The van der Waals surface area contributed by atoms with Crippen molar-refractivity contribution in [3.8, 4) is 0 Å². The summed E-state index contributed by atoms with van der Waals surface area (Å²) in [6.45, 7) is 0.873. The maximum atomic E-state index is 12.1. The highest BCUT2D eigenvalue weighted by molar-refractivity contribution is 6.09. The summed E-state index contributed by atoms with van der Waals surface area (Å²) < 4.78 is 0. The van der Waals surface area contributed by atoms with Crippen LogP contribution in [-0.2, 0) is 4.79 Å². The van der Waals surface area contributed by atoms with E-state index in [-0.39, 0.29) is 30.8 Å². The van der Waals surface area contributed by atoms with Gasteiger partial charge in [0.15, 0.2) is 0 Å². The highest BCUT2D eigenvalue weighted by Crippen LogP contribution is 2.34. The number of hydrogen-bond donors (Lipinski definition) is 1. The van der Waals surface area contributed by atoms with Crippen molar-refractivity contribution in [2.45, 2.75) is 5.92 Å².